The van der Waals surface area contributed by atoms with E-state index in [4.69, 9.17) is 4.74 Å². The van der Waals surface area contributed by atoms with Crippen LogP contribution in [0.25, 0.3) is 0 Å². The van der Waals surface area contributed by atoms with Crippen LogP contribution in [-0.2, 0) is 17.8 Å². The molecule has 0 radical (unpaired) electrons. The summed E-state index contributed by atoms with van der Waals surface area (Å²) in [6.45, 7) is 1.90. The zero-order chi connectivity index (χ0) is 16.1. The predicted molar refractivity (Wildman–Crippen MR) is 94.2 cm³/mol. The van der Waals surface area contributed by atoms with Crippen LogP contribution in [-0.4, -0.2) is 24.1 Å². The molecular formula is C19H20BrNO2. The molecule has 1 amide bonds. The Morgan fingerprint density at radius 1 is 1.13 bits per heavy atom. The normalized spacial score (nSPS) is 17.3. The number of nitrogens with zero attached hydrogens (tertiary/aromatic N) is 1. The summed E-state index contributed by atoms with van der Waals surface area (Å²) in [6.07, 6.45) is 1.83. The number of carbonyl (C=O) groups is 1. The molecule has 0 saturated carbocycles. The second kappa shape index (κ2) is 7.64. The maximum atomic E-state index is 12.2. The summed E-state index contributed by atoms with van der Waals surface area (Å²) in [5, 5.41) is 0. The molecule has 1 unspecified atom stereocenters. The Balaban J connectivity index is 1.48. The molecule has 2 aromatic carbocycles. The smallest absolute Gasteiger partial charge is 0.410 e. The van der Waals surface area contributed by atoms with Crippen molar-refractivity contribution >= 4 is 22.0 Å². The Morgan fingerprint density at radius 2 is 1.91 bits per heavy atom. The molecular weight excluding hydrogens is 354 g/mol. The highest BCUT2D eigenvalue weighted by Crippen LogP contribution is 2.23. The van der Waals surface area contributed by atoms with E-state index in [1.807, 2.05) is 41.3 Å². The number of carbonyl (C=O) groups excluding carboxylic acids is 1. The first kappa shape index (κ1) is 16.1. The lowest BCUT2D eigenvalue weighted by Crippen LogP contribution is -2.29. The minimum Gasteiger partial charge on any atom is -0.445 e. The van der Waals surface area contributed by atoms with Crippen molar-refractivity contribution in [2.45, 2.75) is 19.4 Å². The number of rotatable bonds is 4. The topological polar surface area (TPSA) is 29.5 Å². The van der Waals surface area contributed by atoms with Crippen LogP contribution in [0, 0.1) is 5.92 Å². The summed E-state index contributed by atoms with van der Waals surface area (Å²) in [7, 11) is 0. The third-order valence-corrected chi connectivity index (χ3v) is 4.66. The fourth-order valence-corrected chi connectivity index (χ4v) is 3.42. The second-order valence-corrected chi connectivity index (χ2v) is 6.89. The Kier molecular flexibility index (Phi) is 5.34. The number of hydrogen-bond donors (Lipinski definition) is 0. The van der Waals surface area contributed by atoms with Crippen molar-refractivity contribution in [3.8, 4) is 0 Å². The largest absolute Gasteiger partial charge is 0.445 e. The van der Waals surface area contributed by atoms with E-state index in [0.717, 1.165) is 36.0 Å². The summed E-state index contributed by atoms with van der Waals surface area (Å²) in [5.74, 6) is 0.508. The van der Waals surface area contributed by atoms with E-state index < -0.39 is 0 Å². The van der Waals surface area contributed by atoms with Gasteiger partial charge in [-0.05, 0) is 42.0 Å². The summed E-state index contributed by atoms with van der Waals surface area (Å²) in [4.78, 5) is 14.0. The third kappa shape index (κ3) is 4.58. The highest BCUT2D eigenvalue weighted by atomic mass is 79.9. The van der Waals surface area contributed by atoms with Gasteiger partial charge in [-0.1, -0.05) is 58.4 Å². The average Bonchev–Trinajstić information content (AvgIpc) is 3.02. The van der Waals surface area contributed by atoms with Crippen LogP contribution in [0.2, 0.25) is 0 Å². The third-order valence-electron chi connectivity index (χ3n) is 4.16. The molecule has 120 valence electrons. The van der Waals surface area contributed by atoms with Gasteiger partial charge in [-0.25, -0.2) is 4.79 Å². The number of benzene rings is 2. The molecule has 23 heavy (non-hydrogen) atoms. The molecule has 0 bridgehead atoms. The average molecular weight is 374 g/mol. The lowest BCUT2D eigenvalue weighted by atomic mass is 9.99. The van der Waals surface area contributed by atoms with Gasteiger partial charge in [0.2, 0.25) is 0 Å². The molecule has 1 aliphatic rings. The monoisotopic (exact) mass is 373 g/mol. The van der Waals surface area contributed by atoms with E-state index in [0.29, 0.717) is 12.5 Å². The number of ether oxygens (including phenoxy) is 1. The Hall–Kier alpha value is -1.81. The first-order valence-corrected chi connectivity index (χ1v) is 8.70. The molecule has 0 spiro atoms. The van der Waals surface area contributed by atoms with Crippen molar-refractivity contribution < 1.29 is 9.53 Å². The van der Waals surface area contributed by atoms with Gasteiger partial charge < -0.3 is 9.64 Å². The maximum absolute atomic E-state index is 12.2. The van der Waals surface area contributed by atoms with Crippen LogP contribution in [0.3, 0.4) is 0 Å². The summed E-state index contributed by atoms with van der Waals surface area (Å²) < 4.78 is 6.51. The molecule has 1 fully saturated rings. The number of amides is 1. The van der Waals surface area contributed by atoms with Gasteiger partial charge in [-0.3, -0.25) is 0 Å². The van der Waals surface area contributed by atoms with E-state index in [2.05, 4.69) is 34.1 Å². The van der Waals surface area contributed by atoms with Gasteiger partial charge in [0.1, 0.15) is 6.61 Å². The molecule has 4 heteroatoms. The molecule has 1 aliphatic heterocycles. The standard InChI is InChI=1S/C19H20BrNO2/c20-18-8-4-7-16(12-18)11-17-9-10-21(13-17)19(22)23-14-15-5-2-1-3-6-15/h1-8,12,17H,9-11,13-14H2. The van der Waals surface area contributed by atoms with E-state index in [1.165, 1.54) is 5.56 Å². The Labute approximate surface area is 145 Å². The van der Waals surface area contributed by atoms with E-state index >= 15 is 0 Å². The van der Waals surface area contributed by atoms with Crippen LogP contribution < -0.4 is 0 Å². The number of halogens is 1. The molecule has 1 atom stereocenters. The molecule has 3 nitrogen and oxygen atoms in total. The number of hydrogen-bond acceptors (Lipinski definition) is 2. The van der Waals surface area contributed by atoms with Gasteiger partial charge in [0.25, 0.3) is 0 Å². The summed E-state index contributed by atoms with van der Waals surface area (Å²) in [5.41, 5.74) is 2.33. The van der Waals surface area contributed by atoms with Crippen LogP contribution in [0.15, 0.2) is 59.1 Å². The molecule has 1 saturated heterocycles. The van der Waals surface area contributed by atoms with Gasteiger partial charge in [0.15, 0.2) is 0 Å². The van der Waals surface area contributed by atoms with Crippen LogP contribution in [0.5, 0.6) is 0 Å². The van der Waals surface area contributed by atoms with Crippen molar-refractivity contribution in [2.75, 3.05) is 13.1 Å². The van der Waals surface area contributed by atoms with Crippen molar-refractivity contribution in [3.05, 3.63) is 70.2 Å². The molecule has 1 heterocycles. The minimum absolute atomic E-state index is 0.203. The first-order chi connectivity index (χ1) is 11.2. The fourth-order valence-electron chi connectivity index (χ4n) is 2.97. The molecule has 3 rings (SSSR count). The highest BCUT2D eigenvalue weighted by molar-refractivity contribution is 9.10. The van der Waals surface area contributed by atoms with E-state index in [1.54, 1.807) is 0 Å². The molecule has 2 aromatic rings. The van der Waals surface area contributed by atoms with Crippen molar-refractivity contribution in [1.29, 1.82) is 0 Å². The van der Waals surface area contributed by atoms with Gasteiger partial charge in [-0.15, -0.1) is 0 Å². The van der Waals surface area contributed by atoms with E-state index in [-0.39, 0.29) is 6.09 Å². The van der Waals surface area contributed by atoms with Gasteiger partial charge in [-0.2, -0.15) is 0 Å². The first-order valence-electron chi connectivity index (χ1n) is 7.91. The van der Waals surface area contributed by atoms with E-state index in [9.17, 15) is 4.79 Å². The lowest BCUT2D eigenvalue weighted by molar-refractivity contribution is 0.103. The van der Waals surface area contributed by atoms with Crippen LogP contribution in [0.1, 0.15) is 17.5 Å². The quantitative estimate of drug-likeness (QED) is 0.780. The second-order valence-electron chi connectivity index (χ2n) is 5.97. The molecule has 0 aromatic heterocycles. The minimum atomic E-state index is -0.203. The van der Waals surface area contributed by atoms with Gasteiger partial charge in [0, 0.05) is 17.6 Å². The van der Waals surface area contributed by atoms with Crippen LogP contribution >= 0.6 is 15.9 Å². The number of likely N-dealkylation sites (tertiary alicyclic amines) is 1. The van der Waals surface area contributed by atoms with Crippen molar-refractivity contribution in [3.63, 3.8) is 0 Å². The van der Waals surface area contributed by atoms with Crippen molar-refractivity contribution in [1.82, 2.24) is 4.90 Å². The maximum Gasteiger partial charge on any atom is 0.410 e. The SMILES string of the molecule is O=C(OCc1ccccc1)N1CCC(Cc2cccc(Br)c2)C1. The Bertz CT molecular complexity index is 659. The zero-order valence-corrected chi connectivity index (χ0v) is 14.5. The summed E-state index contributed by atoms with van der Waals surface area (Å²) in [6, 6.07) is 18.2. The zero-order valence-electron chi connectivity index (χ0n) is 13.0. The predicted octanol–water partition coefficient (Wildman–Crippen LogP) is 4.65. The fraction of sp³-hybridized carbons (Fsp3) is 0.316. The van der Waals surface area contributed by atoms with Crippen molar-refractivity contribution in [2.24, 2.45) is 5.92 Å². The van der Waals surface area contributed by atoms with Gasteiger partial charge in [0.05, 0.1) is 0 Å². The van der Waals surface area contributed by atoms with Crippen LogP contribution in [0.4, 0.5) is 4.79 Å². The molecule has 0 aliphatic carbocycles. The summed E-state index contributed by atoms with van der Waals surface area (Å²) >= 11 is 3.50. The highest BCUT2D eigenvalue weighted by Gasteiger charge is 2.27. The molecule has 0 N–H and O–H groups in total. The Morgan fingerprint density at radius 3 is 2.70 bits per heavy atom. The lowest BCUT2D eigenvalue weighted by Gasteiger charge is -2.16. The van der Waals surface area contributed by atoms with Gasteiger partial charge >= 0.3 is 6.09 Å².